The number of hydrogen-bond donors (Lipinski definition) is 3. The molecule has 1 rings (SSSR count). The van der Waals surface area contributed by atoms with Crippen LogP contribution in [0.5, 0.6) is 0 Å². The largest absolute Gasteiger partial charge is 0.383 e. The van der Waals surface area contributed by atoms with Gasteiger partial charge in [-0.1, -0.05) is 12.1 Å². The van der Waals surface area contributed by atoms with Gasteiger partial charge in [-0.2, -0.15) is 0 Å². The minimum absolute atomic E-state index is 0. The number of methoxy groups -OCH3 is 1. The molecule has 1 aromatic carbocycles. The van der Waals surface area contributed by atoms with Crippen LogP contribution in [0.15, 0.2) is 24.3 Å². The van der Waals surface area contributed by atoms with Crippen LogP contribution in [0.1, 0.15) is 25.5 Å². The minimum Gasteiger partial charge on any atom is -0.383 e. The van der Waals surface area contributed by atoms with E-state index >= 15 is 0 Å². The molecule has 0 aromatic heterocycles. The first-order valence-electron chi connectivity index (χ1n) is 6.89. The molecule has 1 unspecified atom stereocenters. The molecule has 2 amide bonds. The summed E-state index contributed by atoms with van der Waals surface area (Å²) >= 11 is 0. The predicted octanol–water partition coefficient (Wildman–Crippen LogP) is 1.48. The van der Waals surface area contributed by atoms with Gasteiger partial charge in [-0.3, -0.25) is 9.59 Å². The van der Waals surface area contributed by atoms with E-state index in [2.05, 4.69) is 16.0 Å². The molecule has 0 bridgehead atoms. The fourth-order valence-electron chi connectivity index (χ4n) is 1.84. The van der Waals surface area contributed by atoms with Crippen molar-refractivity contribution in [2.75, 3.05) is 32.1 Å². The third-order valence-electron chi connectivity index (χ3n) is 2.85. The summed E-state index contributed by atoms with van der Waals surface area (Å²) in [6.45, 7) is 4.82. The van der Waals surface area contributed by atoms with E-state index in [1.54, 1.807) is 7.11 Å². The van der Waals surface area contributed by atoms with Gasteiger partial charge in [0.05, 0.1) is 19.2 Å². The van der Waals surface area contributed by atoms with Gasteiger partial charge < -0.3 is 20.7 Å². The summed E-state index contributed by atoms with van der Waals surface area (Å²) in [5, 5.41) is 8.61. The number of hydrogen-bond acceptors (Lipinski definition) is 4. The molecule has 0 radical (unpaired) electrons. The quantitative estimate of drug-likeness (QED) is 0.631. The third-order valence-corrected chi connectivity index (χ3v) is 2.85. The lowest BCUT2D eigenvalue weighted by Crippen LogP contribution is -2.36. The molecule has 0 fully saturated rings. The smallest absolute Gasteiger partial charge is 0.234 e. The van der Waals surface area contributed by atoms with E-state index < -0.39 is 0 Å². The SMILES string of the molecule is COCCNCC(=O)NC(C)c1cccc(NC(C)=O)c1.Cl. The van der Waals surface area contributed by atoms with E-state index in [1.807, 2.05) is 31.2 Å². The number of benzene rings is 1. The van der Waals surface area contributed by atoms with E-state index in [0.717, 1.165) is 11.3 Å². The van der Waals surface area contributed by atoms with Crippen molar-refractivity contribution in [1.82, 2.24) is 10.6 Å². The lowest BCUT2D eigenvalue weighted by Gasteiger charge is -2.15. The number of nitrogens with one attached hydrogen (secondary N) is 3. The monoisotopic (exact) mass is 329 g/mol. The Morgan fingerprint density at radius 3 is 2.68 bits per heavy atom. The lowest BCUT2D eigenvalue weighted by molar-refractivity contribution is -0.121. The third kappa shape index (κ3) is 7.97. The topological polar surface area (TPSA) is 79.5 Å². The Morgan fingerprint density at radius 2 is 2.05 bits per heavy atom. The van der Waals surface area contributed by atoms with Gasteiger partial charge in [0, 0.05) is 26.3 Å². The molecule has 0 heterocycles. The van der Waals surface area contributed by atoms with Gasteiger partial charge in [0.25, 0.3) is 0 Å². The van der Waals surface area contributed by atoms with Crippen LogP contribution in [-0.4, -0.2) is 38.6 Å². The second kappa shape index (κ2) is 11.0. The number of anilines is 1. The van der Waals surface area contributed by atoms with Crippen molar-refractivity contribution >= 4 is 29.9 Å². The molecule has 124 valence electrons. The average molecular weight is 330 g/mol. The molecule has 6 nitrogen and oxygen atoms in total. The highest BCUT2D eigenvalue weighted by molar-refractivity contribution is 5.88. The van der Waals surface area contributed by atoms with E-state index in [9.17, 15) is 9.59 Å². The van der Waals surface area contributed by atoms with Crippen LogP contribution in [0.2, 0.25) is 0 Å². The summed E-state index contributed by atoms with van der Waals surface area (Å²) in [6.07, 6.45) is 0. The highest BCUT2D eigenvalue weighted by Gasteiger charge is 2.09. The molecular formula is C15H24ClN3O3. The maximum Gasteiger partial charge on any atom is 0.234 e. The molecule has 22 heavy (non-hydrogen) atoms. The van der Waals surface area contributed by atoms with Crippen molar-refractivity contribution in [3.05, 3.63) is 29.8 Å². The highest BCUT2D eigenvalue weighted by atomic mass is 35.5. The summed E-state index contributed by atoms with van der Waals surface area (Å²) in [6, 6.07) is 7.29. The van der Waals surface area contributed by atoms with Crippen LogP contribution in [0, 0.1) is 0 Å². The summed E-state index contributed by atoms with van der Waals surface area (Å²) < 4.78 is 4.89. The van der Waals surface area contributed by atoms with Gasteiger partial charge in [0.15, 0.2) is 0 Å². The molecular weight excluding hydrogens is 306 g/mol. The van der Waals surface area contributed by atoms with Crippen LogP contribution in [0.25, 0.3) is 0 Å². The fourth-order valence-corrected chi connectivity index (χ4v) is 1.84. The second-order valence-corrected chi connectivity index (χ2v) is 4.77. The van der Waals surface area contributed by atoms with E-state index in [1.165, 1.54) is 6.92 Å². The zero-order valence-corrected chi connectivity index (χ0v) is 14.0. The number of rotatable bonds is 8. The second-order valence-electron chi connectivity index (χ2n) is 4.77. The van der Waals surface area contributed by atoms with Crippen molar-refractivity contribution in [3.63, 3.8) is 0 Å². The number of amides is 2. The van der Waals surface area contributed by atoms with Gasteiger partial charge in [-0.05, 0) is 24.6 Å². The van der Waals surface area contributed by atoms with Gasteiger partial charge in [0.1, 0.15) is 0 Å². The summed E-state index contributed by atoms with van der Waals surface area (Å²) in [7, 11) is 1.62. The lowest BCUT2D eigenvalue weighted by atomic mass is 10.1. The first-order chi connectivity index (χ1) is 10.0. The van der Waals surface area contributed by atoms with Crippen molar-refractivity contribution < 1.29 is 14.3 Å². The average Bonchev–Trinajstić information content (AvgIpc) is 2.43. The molecule has 1 aromatic rings. The summed E-state index contributed by atoms with van der Waals surface area (Å²) in [5.41, 5.74) is 1.66. The van der Waals surface area contributed by atoms with E-state index in [4.69, 9.17) is 4.74 Å². The maximum absolute atomic E-state index is 11.8. The molecule has 0 saturated heterocycles. The van der Waals surface area contributed by atoms with Crippen LogP contribution in [0.4, 0.5) is 5.69 Å². The molecule has 0 spiro atoms. The summed E-state index contributed by atoms with van der Waals surface area (Å²) in [5.74, 6) is -0.199. The Morgan fingerprint density at radius 1 is 1.32 bits per heavy atom. The Bertz CT molecular complexity index is 483. The van der Waals surface area contributed by atoms with Crippen LogP contribution >= 0.6 is 12.4 Å². The Balaban J connectivity index is 0.00000441. The van der Waals surface area contributed by atoms with E-state index in [-0.39, 0.29) is 36.8 Å². The number of carbonyl (C=O) groups excluding carboxylic acids is 2. The van der Waals surface area contributed by atoms with Crippen LogP contribution < -0.4 is 16.0 Å². The molecule has 0 aliphatic rings. The van der Waals surface area contributed by atoms with Gasteiger partial charge in [0.2, 0.25) is 11.8 Å². The van der Waals surface area contributed by atoms with E-state index in [0.29, 0.717) is 13.2 Å². The van der Waals surface area contributed by atoms with Gasteiger partial charge >= 0.3 is 0 Å². The predicted molar refractivity (Wildman–Crippen MR) is 89.3 cm³/mol. The Labute approximate surface area is 137 Å². The fraction of sp³-hybridized carbons (Fsp3) is 0.467. The van der Waals surface area contributed by atoms with Crippen LogP contribution in [0.3, 0.4) is 0 Å². The van der Waals surface area contributed by atoms with Crippen molar-refractivity contribution in [2.45, 2.75) is 19.9 Å². The Kier molecular flexibility index (Phi) is 10.2. The van der Waals surface area contributed by atoms with Crippen molar-refractivity contribution in [1.29, 1.82) is 0 Å². The first-order valence-corrected chi connectivity index (χ1v) is 6.89. The van der Waals surface area contributed by atoms with Gasteiger partial charge in [-0.15, -0.1) is 12.4 Å². The molecule has 7 heteroatoms. The normalized spacial score (nSPS) is 11.2. The standard InChI is InChI=1S/C15H23N3O3.ClH/c1-11(17-15(20)10-16-7-8-21-3)13-5-4-6-14(9-13)18-12(2)19;/h4-6,9,11,16H,7-8,10H2,1-3H3,(H,17,20)(H,18,19);1H. The molecule has 0 saturated carbocycles. The molecule has 0 aliphatic carbocycles. The minimum atomic E-state index is -0.129. The Hall–Kier alpha value is -1.63. The van der Waals surface area contributed by atoms with Crippen molar-refractivity contribution in [3.8, 4) is 0 Å². The number of ether oxygens (including phenoxy) is 1. The molecule has 3 N–H and O–H groups in total. The van der Waals surface area contributed by atoms with Gasteiger partial charge in [-0.25, -0.2) is 0 Å². The highest BCUT2D eigenvalue weighted by Crippen LogP contribution is 2.17. The molecule has 0 aliphatic heterocycles. The first kappa shape index (κ1) is 20.4. The maximum atomic E-state index is 11.8. The number of carbonyl (C=O) groups is 2. The zero-order chi connectivity index (χ0) is 15.7. The molecule has 1 atom stereocenters. The van der Waals surface area contributed by atoms with Crippen LogP contribution in [-0.2, 0) is 14.3 Å². The summed E-state index contributed by atoms with van der Waals surface area (Å²) in [4.78, 5) is 22.8. The number of halogens is 1. The zero-order valence-electron chi connectivity index (χ0n) is 13.1. The van der Waals surface area contributed by atoms with Crippen molar-refractivity contribution in [2.24, 2.45) is 0 Å².